The van der Waals surface area contributed by atoms with Crippen LogP contribution in [0.25, 0.3) is 0 Å². The quantitative estimate of drug-likeness (QED) is 0.857. The third-order valence-corrected chi connectivity index (χ3v) is 3.43. The fraction of sp³-hybridized carbons (Fsp3) is 0.267. The highest BCUT2D eigenvalue weighted by molar-refractivity contribution is 6.17. The van der Waals surface area contributed by atoms with Crippen LogP contribution < -0.4 is 5.32 Å². The summed E-state index contributed by atoms with van der Waals surface area (Å²) in [5, 5.41) is 2.95. The molecule has 1 fully saturated rings. The fourth-order valence-electron chi connectivity index (χ4n) is 2.10. The molecule has 1 aliphatic rings. The van der Waals surface area contributed by atoms with Crippen molar-refractivity contribution in [3.8, 4) is 0 Å². The first kappa shape index (κ1) is 14.8. The first-order valence-corrected chi connectivity index (χ1v) is 6.44. The Morgan fingerprint density at radius 3 is 2.00 bits per heavy atom. The zero-order valence-corrected chi connectivity index (χ0v) is 12.2. The second kappa shape index (κ2) is 5.40. The summed E-state index contributed by atoms with van der Waals surface area (Å²) in [5.74, 6) is -2.25. The largest absolute Gasteiger partial charge is 0.358 e. The zero-order chi connectivity index (χ0) is 15.7. The Kier molecular flexibility index (Phi) is 3.80. The van der Waals surface area contributed by atoms with Crippen molar-refractivity contribution in [3.05, 3.63) is 42.1 Å². The second-order valence-electron chi connectivity index (χ2n) is 5.03. The van der Waals surface area contributed by atoms with Crippen molar-refractivity contribution in [3.63, 3.8) is 0 Å². The monoisotopic (exact) mass is 287 g/mol. The highest BCUT2D eigenvalue weighted by Gasteiger charge is 2.43. The minimum absolute atomic E-state index is 0.250. The van der Waals surface area contributed by atoms with Crippen molar-refractivity contribution in [2.75, 3.05) is 19.4 Å². The highest BCUT2D eigenvalue weighted by Crippen LogP contribution is 2.23. The molecule has 0 spiro atoms. The number of amides is 4. The van der Waals surface area contributed by atoms with Gasteiger partial charge < -0.3 is 5.32 Å². The third kappa shape index (κ3) is 2.65. The van der Waals surface area contributed by atoms with Gasteiger partial charge in [-0.05, 0) is 19.1 Å². The molecule has 1 heterocycles. The summed E-state index contributed by atoms with van der Waals surface area (Å²) in [6.45, 7) is 5.73. The van der Waals surface area contributed by atoms with Gasteiger partial charge in [-0.15, -0.1) is 0 Å². The molecular formula is C15H17N3O3. The second-order valence-corrected chi connectivity index (χ2v) is 5.03. The van der Waals surface area contributed by atoms with Gasteiger partial charge in [-0.3, -0.25) is 19.4 Å². The number of carbonyl (C=O) groups is 3. The average molecular weight is 287 g/mol. The summed E-state index contributed by atoms with van der Waals surface area (Å²) in [7, 11) is 2.69. The van der Waals surface area contributed by atoms with E-state index in [0.717, 1.165) is 21.1 Å². The number of imide groups is 2. The van der Waals surface area contributed by atoms with Crippen LogP contribution in [0.15, 0.2) is 36.5 Å². The van der Waals surface area contributed by atoms with Crippen molar-refractivity contribution in [2.24, 2.45) is 5.92 Å². The van der Waals surface area contributed by atoms with E-state index in [-0.39, 0.29) is 5.70 Å². The number of nitrogens with zero attached hydrogens (tertiary/aromatic N) is 2. The molecule has 21 heavy (non-hydrogen) atoms. The Balaban J connectivity index is 2.21. The normalized spacial score (nSPS) is 16.4. The van der Waals surface area contributed by atoms with Crippen LogP contribution in [-0.2, 0) is 9.59 Å². The van der Waals surface area contributed by atoms with E-state index in [1.165, 1.54) is 14.1 Å². The molecule has 1 saturated heterocycles. The van der Waals surface area contributed by atoms with E-state index in [1.807, 2.05) is 31.2 Å². The van der Waals surface area contributed by atoms with Gasteiger partial charge in [-0.2, -0.15) is 0 Å². The topological polar surface area (TPSA) is 69.7 Å². The Labute approximate surface area is 123 Å². The van der Waals surface area contributed by atoms with Crippen molar-refractivity contribution in [2.45, 2.75) is 6.92 Å². The summed E-state index contributed by atoms with van der Waals surface area (Å²) in [5.41, 5.74) is 2.08. The van der Waals surface area contributed by atoms with Gasteiger partial charge in [0.25, 0.3) is 0 Å². The highest BCUT2D eigenvalue weighted by atomic mass is 16.2. The van der Waals surface area contributed by atoms with Crippen LogP contribution in [0.3, 0.4) is 0 Å². The summed E-state index contributed by atoms with van der Waals surface area (Å²) in [6, 6.07) is 6.83. The van der Waals surface area contributed by atoms with Crippen LogP contribution >= 0.6 is 0 Å². The van der Waals surface area contributed by atoms with Gasteiger partial charge in [0.05, 0.1) is 0 Å². The van der Waals surface area contributed by atoms with Gasteiger partial charge in [-0.1, -0.05) is 24.3 Å². The zero-order valence-electron chi connectivity index (χ0n) is 12.2. The lowest BCUT2D eigenvalue weighted by Crippen LogP contribution is -2.57. The molecule has 0 bridgehead atoms. The Bertz CT molecular complexity index is 598. The van der Waals surface area contributed by atoms with Crippen molar-refractivity contribution in [1.29, 1.82) is 0 Å². The Morgan fingerprint density at radius 1 is 1.05 bits per heavy atom. The van der Waals surface area contributed by atoms with E-state index in [1.54, 1.807) is 0 Å². The Morgan fingerprint density at radius 2 is 1.52 bits per heavy atom. The number of hydrogen-bond donors (Lipinski definition) is 1. The molecule has 1 aromatic rings. The maximum absolute atomic E-state index is 12.1. The predicted octanol–water partition coefficient (Wildman–Crippen LogP) is 1.59. The number of anilines is 1. The maximum Gasteiger partial charge on any atom is 0.332 e. The average Bonchev–Trinajstić information content (AvgIpc) is 2.46. The van der Waals surface area contributed by atoms with E-state index >= 15 is 0 Å². The molecule has 1 aromatic carbocycles. The first-order chi connectivity index (χ1) is 9.82. The van der Waals surface area contributed by atoms with Crippen LogP contribution in [0.4, 0.5) is 10.5 Å². The Hall–Kier alpha value is -2.63. The maximum atomic E-state index is 12.1. The first-order valence-electron chi connectivity index (χ1n) is 6.44. The standard InChI is InChI=1S/C15H17N3O3/c1-9-5-7-11(8-6-9)16-10(2)12-13(19)17(3)15(21)18(4)14(12)20/h5-8,12,16H,2H2,1,3-4H3. The van der Waals surface area contributed by atoms with Gasteiger partial charge in [0.15, 0.2) is 5.92 Å². The molecule has 2 rings (SSSR count). The molecule has 0 aromatic heterocycles. The molecule has 1 N–H and O–H groups in total. The van der Waals surface area contributed by atoms with E-state index in [4.69, 9.17) is 0 Å². The summed E-state index contributed by atoms with van der Waals surface area (Å²) in [6.07, 6.45) is 0. The third-order valence-electron chi connectivity index (χ3n) is 3.43. The SMILES string of the molecule is C=C(Nc1ccc(C)cc1)C1C(=O)N(C)C(=O)N(C)C1=O. The van der Waals surface area contributed by atoms with Crippen LogP contribution in [0, 0.1) is 12.8 Å². The molecule has 0 saturated carbocycles. The van der Waals surface area contributed by atoms with E-state index in [0.29, 0.717) is 0 Å². The molecule has 6 heteroatoms. The number of nitrogens with one attached hydrogen (secondary N) is 1. The molecule has 1 aliphatic heterocycles. The lowest BCUT2D eigenvalue weighted by Gasteiger charge is -2.33. The number of urea groups is 1. The molecular weight excluding hydrogens is 270 g/mol. The number of barbiturate groups is 1. The van der Waals surface area contributed by atoms with Crippen molar-refractivity contribution < 1.29 is 14.4 Å². The van der Waals surface area contributed by atoms with Crippen LogP contribution in [0.2, 0.25) is 0 Å². The van der Waals surface area contributed by atoms with E-state index in [2.05, 4.69) is 11.9 Å². The molecule has 0 unspecified atom stereocenters. The summed E-state index contributed by atoms with van der Waals surface area (Å²) < 4.78 is 0. The van der Waals surface area contributed by atoms with Crippen molar-refractivity contribution in [1.82, 2.24) is 9.80 Å². The molecule has 0 atom stereocenters. The number of rotatable bonds is 3. The summed E-state index contributed by atoms with van der Waals surface area (Å²) >= 11 is 0. The van der Waals surface area contributed by atoms with Crippen molar-refractivity contribution >= 4 is 23.5 Å². The lowest BCUT2D eigenvalue weighted by molar-refractivity contribution is -0.145. The van der Waals surface area contributed by atoms with Gasteiger partial charge >= 0.3 is 6.03 Å². The van der Waals surface area contributed by atoms with Crippen LogP contribution in [0.5, 0.6) is 0 Å². The van der Waals surface area contributed by atoms with Gasteiger partial charge in [0, 0.05) is 25.5 Å². The molecule has 6 nitrogen and oxygen atoms in total. The van der Waals surface area contributed by atoms with Crippen LogP contribution in [0.1, 0.15) is 5.56 Å². The molecule has 0 radical (unpaired) electrons. The number of aryl methyl sites for hydroxylation is 1. The predicted molar refractivity (Wildman–Crippen MR) is 78.4 cm³/mol. The molecule has 110 valence electrons. The number of carbonyl (C=O) groups excluding carboxylic acids is 3. The number of hydrogen-bond acceptors (Lipinski definition) is 4. The smallest absolute Gasteiger partial charge is 0.332 e. The molecule has 0 aliphatic carbocycles. The molecule has 4 amide bonds. The summed E-state index contributed by atoms with van der Waals surface area (Å²) in [4.78, 5) is 37.8. The fourth-order valence-corrected chi connectivity index (χ4v) is 2.10. The van der Waals surface area contributed by atoms with Gasteiger partial charge in [0.2, 0.25) is 11.8 Å². The lowest BCUT2D eigenvalue weighted by atomic mass is 10.0. The van der Waals surface area contributed by atoms with E-state index < -0.39 is 23.8 Å². The minimum atomic E-state index is -1.10. The minimum Gasteiger partial charge on any atom is -0.358 e. The van der Waals surface area contributed by atoms with Crippen LogP contribution in [-0.4, -0.2) is 41.7 Å². The number of benzene rings is 1. The van der Waals surface area contributed by atoms with E-state index in [9.17, 15) is 14.4 Å². The van der Waals surface area contributed by atoms with Gasteiger partial charge in [-0.25, -0.2) is 4.79 Å². The van der Waals surface area contributed by atoms with Gasteiger partial charge in [0.1, 0.15) is 0 Å².